The Kier molecular flexibility index (Phi) is 3.66. The average molecular weight is 266 g/mol. The van der Waals surface area contributed by atoms with E-state index in [0.717, 1.165) is 10.5 Å². The summed E-state index contributed by atoms with van der Waals surface area (Å²) in [6.07, 6.45) is 0. The fraction of sp³-hybridized carbons (Fsp3) is 0.333. The molecule has 0 radical (unpaired) electrons. The van der Waals surface area contributed by atoms with E-state index in [9.17, 15) is 9.59 Å². The lowest BCUT2D eigenvalue weighted by atomic mass is 10.0. The van der Waals surface area contributed by atoms with E-state index in [1.54, 1.807) is 6.92 Å². The SMILES string of the molecule is CCOC(=O)C1=C(C)C(c2cccs2)NC(=O)N1. The van der Waals surface area contributed by atoms with Gasteiger partial charge in [-0.1, -0.05) is 6.07 Å². The van der Waals surface area contributed by atoms with E-state index in [1.807, 2.05) is 24.4 Å². The van der Waals surface area contributed by atoms with Crippen molar-refractivity contribution in [3.8, 4) is 0 Å². The molecule has 0 bridgehead atoms. The second kappa shape index (κ2) is 5.22. The Morgan fingerprint density at radius 1 is 1.56 bits per heavy atom. The predicted octanol–water partition coefficient (Wildman–Crippen LogP) is 1.94. The molecule has 1 unspecified atom stereocenters. The van der Waals surface area contributed by atoms with Crippen LogP contribution in [-0.2, 0) is 9.53 Å². The van der Waals surface area contributed by atoms with Crippen LogP contribution in [0, 0.1) is 0 Å². The first kappa shape index (κ1) is 12.6. The number of thiophene rings is 1. The smallest absolute Gasteiger partial charge is 0.354 e. The van der Waals surface area contributed by atoms with Gasteiger partial charge in [-0.2, -0.15) is 0 Å². The Morgan fingerprint density at radius 3 is 2.94 bits per heavy atom. The third-order valence-electron chi connectivity index (χ3n) is 2.65. The number of hydrogen-bond donors (Lipinski definition) is 2. The van der Waals surface area contributed by atoms with Gasteiger partial charge in [-0.25, -0.2) is 9.59 Å². The van der Waals surface area contributed by atoms with Gasteiger partial charge in [0.2, 0.25) is 0 Å². The van der Waals surface area contributed by atoms with Gasteiger partial charge >= 0.3 is 12.0 Å². The molecule has 2 heterocycles. The van der Waals surface area contributed by atoms with Crippen molar-refractivity contribution in [2.45, 2.75) is 19.9 Å². The van der Waals surface area contributed by atoms with E-state index < -0.39 is 5.97 Å². The maximum Gasteiger partial charge on any atom is 0.354 e. The molecular formula is C12H14N2O3S. The molecule has 6 heteroatoms. The highest BCUT2D eigenvalue weighted by atomic mass is 32.1. The number of ether oxygens (including phenoxy) is 1. The zero-order valence-corrected chi connectivity index (χ0v) is 11.0. The van der Waals surface area contributed by atoms with Crippen molar-refractivity contribution >= 4 is 23.3 Å². The van der Waals surface area contributed by atoms with Crippen LogP contribution in [0.1, 0.15) is 24.8 Å². The summed E-state index contributed by atoms with van der Waals surface area (Å²) >= 11 is 1.53. The number of nitrogens with one attached hydrogen (secondary N) is 2. The van der Waals surface area contributed by atoms with Gasteiger partial charge in [0.25, 0.3) is 0 Å². The molecule has 1 aromatic rings. The minimum Gasteiger partial charge on any atom is -0.461 e. The number of hydrogen-bond acceptors (Lipinski definition) is 4. The first-order valence-electron chi connectivity index (χ1n) is 5.62. The van der Waals surface area contributed by atoms with Crippen LogP contribution in [0.4, 0.5) is 4.79 Å². The van der Waals surface area contributed by atoms with Crippen molar-refractivity contribution < 1.29 is 14.3 Å². The number of carbonyl (C=O) groups is 2. The summed E-state index contributed by atoms with van der Waals surface area (Å²) in [5.41, 5.74) is 0.995. The van der Waals surface area contributed by atoms with Crippen LogP contribution in [-0.4, -0.2) is 18.6 Å². The van der Waals surface area contributed by atoms with Crippen molar-refractivity contribution in [2.24, 2.45) is 0 Å². The first-order chi connectivity index (χ1) is 8.63. The maximum atomic E-state index is 11.8. The monoisotopic (exact) mass is 266 g/mol. The van der Waals surface area contributed by atoms with Gasteiger partial charge in [0, 0.05) is 4.88 Å². The Hall–Kier alpha value is -1.82. The number of carbonyl (C=O) groups excluding carboxylic acids is 2. The summed E-state index contributed by atoms with van der Waals surface area (Å²) in [5, 5.41) is 7.22. The van der Waals surface area contributed by atoms with Crippen LogP contribution < -0.4 is 10.6 Å². The van der Waals surface area contributed by atoms with Gasteiger partial charge < -0.3 is 15.4 Å². The number of urea groups is 1. The minimum absolute atomic E-state index is 0.235. The zero-order valence-electron chi connectivity index (χ0n) is 10.1. The molecule has 1 atom stereocenters. The summed E-state index contributed by atoms with van der Waals surface area (Å²) in [7, 11) is 0. The largest absolute Gasteiger partial charge is 0.461 e. The Labute approximate surface area is 109 Å². The number of esters is 1. The molecule has 2 amide bonds. The second-order valence-electron chi connectivity index (χ2n) is 3.83. The van der Waals surface area contributed by atoms with Crippen molar-refractivity contribution in [3.05, 3.63) is 33.7 Å². The normalized spacial score (nSPS) is 19.2. The minimum atomic E-state index is -0.494. The van der Waals surface area contributed by atoms with Crippen molar-refractivity contribution in [2.75, 3.05) is 6.61 Å². The molecule has 18 heavy (non-hydrogen) atoms. The average Bonchev–Trinajstić information content (AvgIpc) is 2.85. The van der Waals surface area contributed by atoms with E-state index in [1.165, 1.54) is 11.3 Å². The standard InChI is InChI=1S/C12H14N2O3S/c1-3-17-11(15)10-7(2)9(13-12(16)14-10)8-5-4-6-18-8/h4-6,9H,3H2,1-2H3,(H2,13,14,16). The number of rotatable bonds is 3. The van der Waals surface area contributed by atoms with Gasteiger partial charge in [0.15, 0.2) is 0 Å². The molecule has 96 valence electrons. The molecule has 5 nitrogen and oxygen atoms in total. The van der Waals surface area contributed by atoms with Crippen LogP contribution in [0.15, 0.2) is 28.8 Å². The van der Waals surface area contributed by atoms with Gasteiger partial charge in [-0.15, -0.1) is 11.3 Å². The van der Waals surface area contributed by atoms with Crippen molar-refractivity contribution in [1.82, 2.24) is 10.6 Å². The molecule has 1 aromatic heterocycles. The molecule has 0 spiro atoms. The van der Waals surface area contributed by atoms with E-state index in [2.05, 4.69) is 10.6 Å². The third-order valence-corrected chi connectivity index (χ3v) is 3.59. The van der Waals surface area contributed by atoms with E-state index in [-0.39, 0.29) is 24.4 Å². The molecule has 1 aliphatic rings. The maximum absolute atomic E-state index is 11.8. The lowest BCUT2D eigenvalue weighted by Crippen LogP contribution is -2.45. The fourth-order valence-electron chi connectivity index (χ4n) is 1.79. The Balaban J connectivity index is 2.34. The molecule has 2 N–H and O–H groups in total. The Morgan fingerprint density at radius 2 is 2.33 bits per heavy atom. The van der Waals surface area contributed by atoms with E-state index in [0.29, 0.717) is 0 Å². The van der Waals surface area contributed by atoms with Crippen LogP contribution in [0.5, 0.6) is 0 Å². The molecule has 2 rings (SSSR count). The summed E-state index contributed by atoms with van der Waals surface area (Å²) < 4.78 is 4.93. The highest BCUT2D eigenvalue weighted by molar-refractivity contribution is 7.10. The molecule has 0 saturated heterocycles. The van der Waals surface area contributed by atoms with Crippen molar-refractivity contribution in [3.63, 3.8) is 0 Å². The summed E-state index contributed by atoms with van der Waals surface area (Å²) in [4.78, 5) is 24.3. The van der Waals surface area contributed by atoms with Crippen LogP contribution in [0.25, 0.3) is 0 Å². The van der Waals surface area contributed by atoms with Crippen molar-refractivity contribution in [1.29, 1.82) is 0 Å². The second-order valence-corrected chi connectivity index (χ2v) is 4.80. The van der Waals surface area contributed by atoms with E-state index in [4.69, 9.17) is 4.74 Å². The molecule has 0 aliphatic carbocycles. The van der Waals surface area contributed by atoms with Crippen LogP contribution in [0.2, 0.25) is 0 Å². The lowest BCUT2D eigenvalue weighted by molar-refractivity contribution is -0.139. The Bertz CT molecular complexity index is 493. The molecular weight excluding hydrogens is 252 g/mol. The molecule has 1 aliphatic heterocycles. The highest BCUT2D eigenvalue weighted by Crippen LogP contribution is 2.29. The van der Waals surface area contributed by atoms with Crippen LogP contribution in [0.3, 0.4) is 0 Å². The predicted molar refractivity (Wildman–Crippen MR) is 68.1 cm³/mol. The first-order valence-corrected chi connectivity index (χ1v) is 6.50. The lowest BCUT2D eigenvalue weighted by Gasteiger charge is -2.26. The summed E-state index contributed by atoms with van der Waals surface area (Å²) in [5.74, 6) is -0.494. The summed E-state index contributed by atoms with van der Waals surface area (Å²) in [6, 6.07) is 3.18. The number of amides is 2. The quantitative estimate of drug-likeness (QED) is 0.822. The van der Waals surface area contributed by atoms with Gasteiger partial charge in [0.05, 0.1) is 12.6 Å². The molecule has 0 fully saturated rings. The fourth-order valence-corrected chi connectivity index (χ4v) is 2.63. The molecule has 0 saturated carbocycles. The van der Waals surface area contributed by atoms with E-state index >= 15 is 0 Å². The third kappa shape index (κ3) is 2.38. The van der Waals surface area contributed by atoms with Gasteiger partial charge in [-0.05, 0) is 30.9 Å². The topological polar surface area (TPSA) is 67.4 Å². The zero-order chi connectivity index (χ0) is 13.1. The highest BCUT2D eigenvalue weighted by Gasteiger charge is 2.29. The molecule has 0 aromatic carbocycles. The summed E-state index contributed by atoms with van der Waals surface area (Å²) in [6.45, 7) is 3.82. The van der Waals surface area contributed by atoms with Gasteiger partial charge in [-0.3, -0.25) is 0 Å². The van der Waals surface area contributed by atoms with Crippen LogP contribution >= 0.6 is 11.3 Å². The van der Waals surface area contributed by atoms with Gasteiger partial charge in [0.1, 0.15) is 5.70 Å².